The third kappa shape index (κ3) is 12.6. The number of carbonyl (C=O) groups excluding carboxylic acids is 3. The van der Waals surface area contributed by atoms with Gasteiger partial charge < -0.3 is 14.7 Å². The molecule has 0 fully saturated rings. The molecule has 1 unspecified atom stereocenters. The van der Waals surface area contributed by atoms with E-state index >= 15 is 0 Å². The number of para-hydroxylation sites is 6. The van der Waals surface area contributed by atoms with Crippen LogP contribution < -0.4 is 0 Å². The van der Waals surface area contributed by atoms with E-state index in [9.17, 15) is 14.4 Å². The quantitative estimate of drug-likeness (QED) is 0.117. The molecule has 12 nitrogen and oxygen atoms in total. The van der Waals surface area contributed by atoms with Gasteiger partial charge >= 0.3 is 0 Å². The molecule has 0 saturated heterocycles. The second kappa shape index (κ2) is 24.7. The summed E-state index contributed by atoms with van der Waals surface area (Å²) in [6.07, 6.45) is 1.18. The largest absolute Gasteiger partial charge is 0.343 e. The molecule has 3 heterocycles. The van der Waals surface area contributed by atoms with Gasteiger partial charge in [0.05, 0.1) is 67.7 Å². The average molecular weight is 974 g/mol. The minimum Gasteiger partial charge on any atom is -0.343 e. The molecule has 0 spiro atoms. The number of benzene rings is 6. The summed E-state index contributed by atoms with van der Waals surface area (Å²) in [6, 6.07) is 52.9. The van der Waals surface area contributed by atoms with E-state index in [2.05, 4.69) is 23.8 Å². The molecule has 0 N–H and O–H groups in total. The minimum atomic E-state index is -0.770. The number of likely N-dealkylation sites (N-methyl/N-ethyl adjacent to an activating group) is 2. The van der Waals surface area contributed by atoms with Crippen molar-refractivity contribution in [2.24, 2.45) is 0 Å². The summed E-state index contributed by atoms with van der Waals surface area (Å²) in [5.74, 6) is -0.00696. The highest BCUT2D eigenvalue weighted by Crippen LogP contribution is 2.34. The lowest BCUT2D eigenvalue weighted by molar-refractivity contribution is -0.136. The molecule has 6 aromatic carbocycles. The van der Waals surface area contributed by atoms with Crippen molar-refractivity contribution in [3.8, 4) is 33.8 Å². The fourth-order valence-corrected chi connectivity index (χ4v) is 8.17. The van der Waals surface area contributed by atoms with Gasteiger partial charge in [-0.2, -0.15) is 0 Å². The van der Waals surface area contributed by atoms with Gasteiger partial charge in [-0.25, -0.2) is 29.9 Å². The lowest BCUT2D eigenvalue weighted by atomic mass is 9.84. The van der Waals surface area contributed by atoms with Gasteiger partial charge in [0.2, 0.25) is 11.8 Å². The van der Waals surface area contributed by atoms with Gasteiger partial charge in [-0.15, -0.1) is 0 Å². The maximum atomic E-state index is 13.2. The molecule has 0 aliphatic carbocycles. The molecule has 0 radical (unpaired) electrons. The SMILES string of the molecule is C.CCC(C)N(C)C(=O)Cc1nc2ccccc2nc1-c1ccccc1.CCN(CC)C(=O)C(C)(C)c1nc2ccccc2nc1-c1ccccc1.CN(C)C(=O)c1nc2ccccc2nc1-c1ccccc1. The minimum absolute atomic E-state index is 0. The van der Waals surface area contributed by atoms with Crippen LogP contribution in [0.25, 0.3) is 66.9 Å². The molecule has 0 aliphatic heterocycles. The number of hydrogen-bond acceptors (Lipinski definition) is 9. The summed E-state index contributed by atoms with van der Waals surface area (Å²) >= 11 is 0. The highest BCUT2D eigenvalue weighted by Gasteiger charge is 2.37. The Kier molecular flexibility index (Phi) is 18.3. The normalized spacial score (nSPS) is 11.3. The first-order valence-electron chi connectivity index (χ1n) is 24.5. The van der Waals surface area contributed by atoms with Gasteiger partial charge in [0.25, 0.3) is 5.91 Å². The number of amides is 3. The maximum Gasteiger partial charge on any atom is 0.274 e. The van der Waals surface area contributed by atoms with Crippen LogP contribution in [0.4, 0.5) is 0 Å². The summed E-state index contributed by atoms with van der Waals surface area (Å²) < 4.78 is 0. The van der Waals surface area contributed by atoms with Crippen LogP contribution >= 0.6 is 0 Å². The van der Waals surface area contributed by atoms with Crippen molar-refractivity contribution in [2.75, 3.05) is 34.2 Å². The zero-order valence-corrected chi connectivity index (χ0v) is 42.7. The number of carbonyl (C=O) groups is 3. The summed E-state index contributed by atoms with van der Waals surface area (Å²) in [6.45, 7) is 13.4. The zero-order chi connectivity index (χ0) is 51.4. The molecule has 0 aliphatic rings. The smallest absolute Gasteiger partial charge is 0.274 e. The zero-order valence-electron chi connectivity index (χ0n) is 42.7. The third-order valence-corrected chi connectivity index (χ3v) is 12.7. The number of rotatable bonds is 12. The second-order valence-electron chi connectivity index (χ2n) is 18.2. The van der Waals surface area contributed by atoms with Gasteiger partial charge in [-0.05, 0) is 77.4 Å². The maximum absolute atomic E-state index is 13.2. The van der Waals surface area contributed by atoms with Crippen molar-refractivity contribution in [3.05, 3.63) is 181 Å². The Hall–Kier alpha value is -8.25. The fourth-order valence-electron chi connectivity index (χ4n) is 8.17. The lowest BCUT2D eigenvalue weighted by Crippen LogP contribution is -2.44. The van der Waals surface area contributed by atoms with Crippen molar-refractivity contribution >= 4 is 50.8 Å². The first kappa shape index (κ1) is 54.1. The van der Waals surface area contributed by atoms with Gasteiger partial charge in [0.15, 0.2) is 5.69 Å². The Morgan fingerprint density at radius 1 is 0.493 bits per heavy atom. The van der Waals surface area contributed by atoms with Gasteiger partial charge in [0.1, 0.15) is 5.69 Å². The Morgan fingerprint density at radius 3 is 1.30 bits per heavy atom. The summed E-state index contributed by atoms with van der Waals surface area (Å²) in [4.78, 5) is 71.9. The highest BCUT2D eigenvalue weighted by molar-refractivity contribution is 6.00. The van der Waals surface area contributed by atoms with E-state index in [1.54, 1.807) is 19.0 Å². The van der Waals surface area contributed by atoms with Crippen LogP contribution in [-0.2, 0) is 21.4 Å². The molecule has 3 aromatic heterocycles. The van der Waals surface area contributed by atoms with Crippen molar-refractivity contribution in [1.82, 2.24) is 44.6 Å². The van der Waals surface area contributed by atoms with Crippen molar-refractivity contribution < 1.29 is 14.4 Å². The molecule has 0 bridgehead atoms. The molecule has 0 saturated carbocycles. The highest BCUT2D eigenvalue weighted by atomic mass is 16.2. The van der Waals surface area contributed by atoms with Crippen LogP contribution in [0.1, 0.15) is 77.3 Å². The molecule has 3 amide bonds. The predicted molar refractivity (Wildman–Crippen MR) is 297 cm³/mol. The molecule has 1 atom stereocenters. The standard InChI is InChI=1S/C22H25N3O.C21H23N3O.C17H15N3O.CH4/c1-5-25(6-2)21(26)22(3,4)20-19(16-12-8-7-9-13-16)23-17-14-10-11-15-18(17)24-20;1-4-15(2)24(3)20(25)14-19-21(16-10-6-5-7-11-16)23-18-13-9-8-12-17(18)22-19;1-20(2)17(21)16-15(12-8-4-3-5-9-12)18-13-10-6-7-11-14(13)19-16;/h7-15H,5-6H2,1-4H3;5-13,15H,4,14H2,1-3H3;3-11H,1-2H3;1H4. The topological polar surface area (TPSA) is 138 Å². The van der Waals surface area contributed by atoms with Crippen LogP contribution in [0.15, 0.2) is 164 Å². The number of fused-ring (bicyclic) bond motifs is 3. The van der Waals surface area contributed by atoms with E-state index in [1.807, 2.05) is 203 Å². The molecule has 374 valence electrons. The van der Waals surface area contributed by atoms with Crippen LogP contribution in [0.2, 0.25) is 0 Å². The van der Waals surface area contributed by atoms with Crippen molar-refractivity contribution in [1.29, 1.82) is 0 Å². The monoisotopic (exact) mass is 974 g/mol. The first-order chi connectivity index (χ1) is 34.7. The molecular formula is C61H67N9O3. The van der Waals surface area contributed by atoms with E-state index in [0.29, 0.717) is 24.5 Å². The first-order valence-corrected chi connectivity index (χ1v) is 24.5. The van der Waals surface area contributed by atoms with Crippen LogP contribution in [-0.4, -0.2) is 103 Å². The molecule has 9 rings (SSSR count). The van der Waals surface area contributed by atoms with Gasteiger partial charge in [-0.1, -0.05) is 142 Å². The fraction of sp³-hybridized carbons (Fsp3) is 0.262. The molecule has 9 aromatic rings. The Balaban J connectivity index is 0.000000178. The number of hydrogen-bond donors (Lipinski definition) is 0. The van der Waals surface area contributed by atoms with E-state index in [1.165, 1.54) is 4.90 Å². The summed E-state index contributed by atoms with van der Waals surface area (Å²) in [7, 11) is 5.29. The summed E-state index contributed by atoms with van der Waals surface area (Å²) in [5.41, 5.74) is 10.9. The number of nitrogens with zero attached hydrogens (tertiary/aromatic N) is 9. The lowest BCUT2D eigenvalue weighted by Gasteiger charge is -2.31. The Bertz CT molecular complexity index is 3290. The van der Waals surface area contributed by atoms with Crippen molar-refractivity contribution in [2.45, 2.75) is 73.3 Å². The number of aromatic nitrogens is 6. The second-order valence-corrected chi connectivity index (χ2v) is 18.2. The van der Waals surface area contributed by atoms with Crippen molar-refractivity contribution in [3.63, 3.8) is 0 Å². The van der Waals surface area contributed by atoms with Crippen LogP contribution in [0.3, 0.4) is 0 Å². The Morgan fingerprint density at radius 2 is 0.863 bits per heavy atom. The van der Waals surface area contributed by atoms with Crippen LogP contribution in [0, 0.1) is 0 Å². The predicted octanol–water partition coefficient (Wildman–Crippen LogP) is 12.2. The van der Waals surface area contributed by atoms with Gasteiger partial charge in [-0.3, -0.25) is 14.4 Å². The van der Waals surface area contributed by atoms with Crippen LogP contribution in [0.5, 0.6) is 0 Å². The van der Waals surface area contributed by atoms with E-state index in [0.717, 1.165) is 79.0 Å². The third-order valence-electron chi connectivity index (χ3n) is 12.7. The molecule has 73 heavy (non-hydrogen) atoms. The van der Waals surface area contributed by atoms with Gasteiger partial charge in [0, 0.05) is 57.0 Å². The van der Waals surface area contributed by atoms with E-state index < -0.39 is 5.41 Å². The van der Waals surface area contributed by atoms with E-state index in [4.69, 9.17) is 19.9 Å². The molecular weight excluding hydrogens is 907 g/mol. The average Bonchev–Trinajstić information content (AvgIpc) is 3.42. The molecule has 12 heteroatoms. The summed E-state index contributed by atoms with van der Waals surface area (Å²) in [5, 5.41) is 0. The van der Waals surface area contributed by atoms with E-state index in [-0.39, 0.29) is 37.6 Å². The Labute approximate surface area is 430 Å².